The Balaban J connectivity index is 1.44. The second-order valence-electron chi connectivity index (χ2n) is 10.3. The van der Waals surface area contributed by atoms with Crippen molar-refractivity contribution in [2.24, 2.45) is 0 Å². The largest absolute Gasteiger partial charge is 0.404 e. The smallest absolute Gasteiger partial charge is 0.277 e. The van der Waals surface area contributed by atoms with Crippen LogP contribution in [0.2, 0.25) is 5.04 Å². The molecule has 4 aromatic rings. The van der Waals surface area contributed by atoms with E-state index in [4.69, 9.17) is 9.52 Å². The van der Waals surface area contributed by atoms with Crippen LogP contribution >= 0.6 is 0 Å². The van der Waals surface area contributed by atoms with E-state index in [2.05, 4.69) is 127 Å². The zero-order valence-corrected chi connectivity index (χ0v) is 21.4. The van der Waals surface area contributed by atoms with Crippen LogP contribution in [0, 0.1) is 0 Å². The topological polar surface area (TPSA) is 30.9 Å². The van der Waals surface area contributed by atoms with Crippen LogP contribution in [0.4, 0.5) is 0 Å². The third-order valence-corrected chi connectivity index (χ3v) is 12.0. The summed E-state index contributed by atoms with van der Waals surface area (Å²) in [5.74, 6) is 1.16. The van der Waals surface area contributed by atoms with Crippen molar-refractivity contribution in [1.82, 2.24) is 9.78 Å². The first-order chi connectivity index (χ1) is 16.5. The number of rotatable bonds is 7. The summed E-state index contributed by atoms with van der Waals surface area (Å²) in [7, 11) is -2.53. The third-order valence-electron chi connectivity index (χ3n) is 6.99. The van der Waals surface area contributed by atoms with Gasteiger partial charge in [0.15, 0.2) is 0 Å². The number of hydrogen-bond donors (Lipinski definition) is 0. The fraction of sp³-hybridized carbons (Fsp3) is 0.310. The molecule has 1 aliphatic rings. The minimum Gasteiger partial charge on any atom is -0.404 e. The molecule has 0 amide bonds. The van der Waals surface area contributed by atoms with E-state index < -0.39 is 8.32 Å². The first kappa shape index (κ1) is 22.8. The summed E-state index contributed by atoms with van der Waals surface area (Å²) in [6.07, 6.45) is 4.25. The molecule has 3 aromatic carbocycles. The molecule has 0 radical (unpaired) electrons. The van der Waals surface area contributed by atoms with Gasteiger partial charge in [0, 0.05) is 11.5 Å². The summed E-state index contributed by atoms with van der Waals surface area (Å²) in [4.78, 5) is 0. The number of aromatic nitrogens is 3. The molecule has 2 heterocycles. The summed E-state index contributed by atoms with van der Waals surface area (Å²) in [5, 5.41) is 7.53. The van der Waals surface area contributed by atoms with Crippen LogP contribution in [-0.4, -0.2) is 24.7 Å². The van der Waals surface area contributed by atoms with Gasteiger partial charge in [0.1, 0.15) is 12.6 Å². The maximum absolute atomic E-state index is 7.22. The summed E-state index contributed by atoms with van der Waals surface area (Å²) in [6.45, 7) is 8.50. The Kier molecular flexibility index (Phi) is 6.24. The van der Waals surface area contributed by atoms with E-state index in [1.165, 1.54) is 15.9 Å². The van der Waals surface area contributed by atoms with Crippen LogP contribution in [0.1, 0.15) is 44.6 Å². The molecule has 0 spiro atoms. The van der Waals surface area contributed by atoms with Gasteiger partial charge in [-0.25, -0.2) is 4.57 Å². The third kappa shape index (κ3) is 4.26. The minimum absolute atomic E-state index is 0.0146. The molecule has 0 aliphatic carbocycles. The normalized spacial score (nSPS) is 15.9. The first-order valence-electron chi connectivity index (χ1n) is 12.2. The Morgan fingerprint density at radius 1 is 0.882 bits per heavy atom. The van der Waals surface area contributed by atoms with Gasteiger partial charge < -0.3 is 4.43 Å². The zero-order chi connectivity index (χ0) is 23.6. The Hall–Kier alpha value is -3.02. The molecule has 174 valence electrons. The van der Waals surface area contributed by atoms with Gasteiger partial charge in [-0.2, -0.15) is 0 Å². The van der Waals surface area contributed by atoms with Crippen molar-refractivity contribution in [1.29, 1.82) is 0 Å². The van der Waals surface area contributed by atoms with E-state index in [1.807, 2.05) is 0 Å². The summed E-state index contributed by atoms with van der Waals surface area (Å²) in [6, 6.07) is 32.6. The lowest BCUT2D eigenvalue weighted by Crippen LogP contribution is -2.67. The zero-order valence-electron chi connectivity index (χ0n) is 20.4. The van der Waals surface area contributed by atoms with Crippen molar-refractivity contribution < 1.29 is 8.99 Å². The highest BCUT2D eigenvalue weighted by molar-refractivity contribution is 6.99. The van der Waals surface area contributed by atoms with Crippen LogP contribution in [0.25, 0.3) is 0 Å². The van der Waals surface area contributed by atoms with Gasteiger partial charge >= 0.3 is 0 Å². The van der Waals surface area contributed by atoms with Crippen LogP contribution in [0.5, 0.6) is 0 Å². The van der Waals surface area contributed by atoms with E-state index in [1.54, 1.807) is 0 Å². The fourth-order valence-electron chi connectivity index (χ4n) is 5.35. The molecular weight excluding hydrogens is 434 g/mol. The van der Waals surface area contributed by atoms with Gasteiger partial charge in [-0.3, -0.25) is 0 Å². The van der Waals surface area contributed by atoms with Crippen LogP contribution in [-0.2, 0) is 17.4 Å². The second kappa shape index (κ2) is 9.32. The highest BCUT2D eigenvalue weighted by atomic mass is 28.4. The minimum atomic E-state index is -2.53. The standard InChI is InChI=1S/C29H34N3OSi/c1-29(2,3)34(26-15-9-5-10-16-26,27-17-11-6-12-18-27)33-22-25-19-20-28-30-31(23-32(25)28)21-24-13-7-4-8-14-24/h4-18,23,25H,19-22H2,1-3H3/q+1/t25-/m1/s1. The lowest BCUT2D eigenvalue weighted by atomic mass is 10.2. The van der Waals surface area contributed by atoms with Crippen molar-refractivity contribution in [3.8, 4) is 0 Å². The molecule has 0 N–H and O–H groups in total. The predicted molar refractivity (Wildman–Crippen MR) is 139 cm³/mol. The van der Waals surface area contributed by atoms with Crippen molar-refractivity contribution in [2.45, 2.75) is 51.2 Å². The van der Waals surface area contributed by atoms with Crippen LogP contribution < -0.4 is 14.9 Å². The highest BCUT2D eigenvalue weighted by Gasteiger charge is 2.51. The van der Waals surface area contributed by atoms with Gasteiger partial charge in [0.2, 0.25) is 6.33 Å². The fourth-order valence-corrected chi connectivity index (χ4v) is 9.95. The van der Waals surface area contributed by atoms with Crippen LogP contribution in [0.3, 0.4) is 0 Å². The molecule has 0 saturated carbocycles. The maximum Gasteiger partial charge on any atom is 0.277 e. The molecule has 5 rings (SSSR count). The van der Waals surface area contributed by atoms with E-state index in [0.717, 1.165) is 25.2 Å². The predicted octanol–water partition coefficient (Wildman–Crippen LogP) is 4.28. The van der Waals surface area contributed by atoms with Gasteiger partial charge in [0.05, 0.1) is 6.61 Å². The molecule has 0 bridgehead atoms. The Labute approximate surface area is 204 Å². The number of nitrogens with zero attached hydrogens (tertiary/aromatic N) is 3. The molecule has 0 unspecified atom stereocenters. The average Bonchev–Trinajstić information content (AvgIpc) is 3.41. The van der Waals surface area contributed by atoms with Crippen molar-refractivity contribution in [2.75, 3.05) is 6.61 Å². The van der Waals surface area contributed by atoms with E-state index in [0.29, 0.717) is 12.6 Å². The first-order valence-corrected chi connectivity index (χ1v) is 14.1. The van der Waals surface area contributed by atoms with Gasteiger partial charge in [-0.15, -0.1) is 4.68 Å². The number of fused-ring (bicyclic) bond motifs is 1. The molecule has 1 aromatic heterocycles. The summed E-state index contributed by atoms with van der Waals surface area (Å²) >= 11 is 0. The quantitative estimate of drug-likeness (QED) is 0.299. The van der Waals surface area contributed by atoms with Gasteiger partial charge in [-0.1, -0.05) is 112 Å². The molecule has 5 heteroatoms. The maximum atomic E-state index is 7.22. The molecule has 4 nitrogen and oxygen atoms in total. The second-order valence-corrected chi connectivity index (χ2v) is 14.6. The molecule has 34 heavy (non-hydrogen) atoms. The summed E-state index contributed by atoms with van der Waals surface area (Å²) < 4.78 is 11.6. The Morgan fingerprint density at radius 2 is 1.44 bits per heavy atom. The van der Waals surface area contributed by atoms with Gasteiger partial charge in [0.25, 0.3) is 14.1 Å². The molecule has 1 atom stereocenters. The molecular formula is C29H34N3OSi+. The monoisotopic (exact) mass is 468 g/mol. The molecule has 0 saturated heterocycles. The van der Waals surface area contributed by atoms with Crippen molar-refractivity contribution in [3.05, 3.63) is 109 Å². The Morgan fingerprint density at radius 3 is 2.00 bits per heavy atom. The lowest BCUT2D eigenvalue weighted by Gasteiger charge is -2.43. The van der Waals surface area contributed by atoms with Crippen LogP contribution in [0.15, 0.2) is 97.3 Å². The van der Waals surface area contributed by atoms with Crippen molar-refractivity contribution in [3.63, 3.8) is 0 Å². The summed E-state index contributed by atoms with van der Waals surface area (Å²) in [5.41, 5.74) is 1.27. The molecule has 1 aliphatic heterocycles. The molecule has 0 fully saturated rings. The number of aryl methyl sites for hydroxylation is 1. The Bertz CT molecular complexity index is 1180. The SMILES string of the molecule is CC(C)(C)[Si](OC[C@H]1CCc2nn(Cc3ccccc3)c[n+]21)(c1ccccc1)c1ccccc1. The van der Waals surface area contributed by atoms with E-state index in [-0.39, 0.29) is 5.04 Å². The number of benzene rings is 3. The van der Waals surface area contributed by atoms with E-state index >= 15 is 0 Å². The van der Waals surface area contributed by atoms with Gasteiger partial charge in [-0.05, 0) is 27.4 Å². The van der Waals surface area contributed by atoms with Crippen molar-refractivity contribution >= 4 is 18.7 Å². The average molecular weight is 469 g/mol. The lowest BCUT2D eigenvalue weighted by molar-refractivity contribution is -0.718. The highest BCUT2D eigenvalue weighted by Crippen LogP contribution is 2.37. The van der Waals surface area contributed by atoms with E-state index in [9.17, 15) is 0 Å². The number of hydrogen-bond acceptors (Lipinski definition) is 2.